The van der Waals surface area contributed by atoms with Crippen molar-refractivity contribution in [2.45, 2.75) is 55.9 Å². The van der Waals surface area contributed by atoms with Crippen molar-refractivity contribution in [3.63, 3.8) is 0 Å². The van der Waals surface area contributed by atoms with E-state index in [0.717, 1.165) is 10.5 Å². The minimum Gasteiger partial charge on any atom is -0.444 e. The van der Waals surface area contributed by atoms with Crippen LogP contribution in [0, 0.1) is 10.1 Å². The van der Waals surface area contributed by atoms with E-state index in [0.29, 0.717) is 42.6 Å². The molecule has 0 aliphatic carbocycles. The number of hydrogen-bond donors (Lipinski definition) is 0. The van der Waals surface area contributed by atoms with Crippen LogP contribution in [-0.4, -0.2) is 58.5 Å². The predicted octanol–water partition coefficient (Wildman–Crippen LogP) is 5.96. The topological polar surface area (TPSA) is 93.0 Å². The highest BCUT2D eigenvalue weighted by Crippen LogP contribution is 2.39. The Labute approximate surface area is 216 Å². The van der Waals surface area contributed by atoms with Crippen LogP contribution in [0.15, 0.2) is 58.3 Å². The van der Waals surface area contributed by atoms with Gasteiger partial charge in [0.15, 0.2) is 0 Å². The molecule has 0 spiro atoms. The summed E-state index contributed by atoms with van der Waals surface area (Å²) in [5.41, 5.74) is 1.14. The molecule has 0 radical (unpaired) electrons. The average Bonchev–Trinajstić information content (AvgIpc) is 2.82. The molecule has 0 N–H and O–H groups in total. The molecule has 0 bridgehead atoms. The highest BCUT2D eigenvalue weighted by atomic mass is 32.2. The van der Waals surface area contributed by atoms with E-state index in [1.807, 2.05) is 45.0 Å². The number of nitrogens with zero attached hydrogens (tertiary/aromatic N) is 3. The SMILES string of the molecule is CC(C)c1ccccc1Sc1ccc(/C=C/C(=O)N2CCN(C(=O)OC(C)(C)C)CC2)cc1[N+](=O)[O-]. The van der Waals surface area contributed by atoms with Crippen LogP contribution in [-0.2, 0) is 9.53 Å². The third-order valence-corrected chi connectivity index (χ3v) is 6.76. The molecule has 3 rings (SSSR count). The van der Waals surface area contributed by atoms with Crippen molar-refractivity contribution >= 4 is 35.5 Å². The summed E-state index contributed by atoms with van der Waals surface area (Å²) in [6.07, 6.45) is 2.63. The van der Waals surface area contributed by atoms with Crippen LogP contribution in [0.2, 0.25) is 0 Å². The Morgan fingerprint density at radius 2 is 1.67 bits per heavy atom. The first-order chi connectivity index (χ1) is 16.9. The molecule has 2 amide bonds. The van der Waals surface area contributed by atoms with Crippen LogP contribution in [0.1, 0.15) is 51.7 Å². The van der Waals surface area contributed by atoms with Crippen molar-refractivity contribution in [3.05, 3.63) is 69.8 Å². The minimum atomic E-state index is -0.568. The molecule has 9 heteroatoms. The molecule has 1 aliphatic heterocycles. The summed E-state index contributed by atoms with van der Waals surface area (Å²) in [4.78, 5) is 41.1. The van der Waals surface area contributed by atoms with E-state index >= 15 is 0 Å². The molecule has 192 valence electrons. The second-order valence-electron chi connectivity index (χ2n) is 9.90. The summed E-state index contributed by atoms with van der Waals surface area (Å²) in [7, 11) is 0. The number of hydrogen-bond acceptors (Lipinski definition) is 6. The molecule has 2 aromatic carbocycles. The minimum absolute atomic E-state index is 0.000803. The number of rotatable bonds is 6. The normalized spacial score (nSPS) is 14.4. The molecule has 2 aromatic rings. The van der Waals surface area contributed by atoms with Gasteiger partial charge in [0.2, 0.25) is 5.91 Å². The van der Waals surface area contributed by atoms with Crippen molar-refractivity contribution in [3.8, 4) is 0 Å². The van der Waals surface area contributed by atoms with Crippen molar-refractivity contribution < 1.29 is 19.2 Å². The lowest BCUT2D eigenvalue weighted by molar-refractivity contribution is -0.387. The summed E-state index contributed by atoms with van der Waals surface area (Å²) < 4.78 is 5.39. The number of carbonyl (C=O) groups excluding carboxylic acids is 2. The van der Waals surface area contributed by atoms with Gasteiger partial charge in [-0.05, 0) is 56.0 Å². The van der Waals surface area contributed by atoms with Gasteiger partial charge in [-0.1, -0.05) is 49.9 Å². The molecule has 8 nitrogen and oxygen atoms in total. The van der Waals surface area contributed by atoms with Crippen LogP contribution < -0.4 is 0 Å². The van der Waals surface area contributed by atoms with Crippen LogP contribution in [0.25, 0.3) is 6.08 Å². The van der Waals surface area contributed by atoms with Crippen LogP contribution >= 0.6 is 11.8 Å². The number of nitro benzene ring substituents is 1. The van der Waals surface area contributed by atoms with Gasteiger partial charge in [-0.2, -0.15) is 0 Å². The second-order valence-corrected chi connectivity index (χ2v) is 11.0. The average molecular weight is 512 g/mol. The molecular formula is C27H33N3O5S. The molecule has 0 unspecified atom stereocenters. The van der Waals surface area contributed by atoms with Gasteiger partial charge in [0, 0.05) is 43.2 Å². The molecule has 1 aliphatic rings. The lowest BCUT2D eigenvalue weighted by Crippen LogP contribution is -2.51. The number of carbonyl (C=O) groups is 2. The monoisotopic (exact) mass is 511 g/mol. The molecule has 1 heterocycles. The maximum absolute atomic E-state index is 12.7. The fourth-order valence-electron chi connectivity index (χ4n) is 3.74. The number of nitro groups is 1. The fourth-order valence-corrected chi connectivity index (χ4v) is 4.92. The van der Waals surface area contributed by atoms with Gasteiger partial charge in [0.05, 0.1) is 9.82 Å². The summed E-state index contributed by atoms with van der Waals surface area (Å²) in [5.74, 6) is 0.0952. The number of ether oxygens (including phenoxy) is 1. The smallest absolute Gasteiger partial charge is 0.410 e. The van der Waals surface area contributed by atoms with Gasteiger partial charge in [-0.3, -0.25) is 14.9 Å². The van der Waals surface area contributed by atoms with Crippen LogP contribution in [0.3, 0.4) is 0 Å². The van der Waals surface area contributed by atoms with Crippen molar-refractivity contribution in [1.29, 1.82) is 0 Å². The van der Waals surface area contributed by atoms with Gasteiger partial charge in [-0.25, -0.2) is 4.79 Å². The Bertz CT molecular complexity index is 1150. The zero-order valence-corrected chi connectivity index (χ0v) is 22.2. The van der Waals surface area contributed by atoms with Gasteiger partial charge in [0.1, 0.15) is 5.60 Å². The highest BCUT2D eigenvalue weighted by Gasteiger charge is 2.27. The first-order valence-corrected chi connectivity index (χ1v) is 12.8. The summed E-state index contributed by atoms with van der Waals surface area (Å²) in [6.45, 7) is 11.2. The first kappa shape index (κ1) is 27.3. The van der Waals surface area contributed by atoms with E-state index in [9.17, 15) is 19.7 Å². The largest absolute Gasteiger partial charge is 0.444 e. The zero-order chi connectivity index (χ0) is 26.5. The molecule has 36 heavy (non-hydrogen) atoms. The van der Waals surface area contributed by atoms with Gasteiger partial charge in [-0.15, -0.1) is 0 Å². The van der Waals surface area contributed by atoms with E-state index in [-0.39, 0.29) is 17.7 Å². The summed E-state index contributed by atoms with van der Waals surface area (Å²) >= 11 is 1.38. The van der Waals surface area contributed by atoms with Gasteiger partial charge in [0.25, 0.3) is 5.69 Å². The van der Waals surface area contributed by atoms with E-state index in [4.69, 9.17) is 4.74 Å². The Balaban J connectivity index is 1.66. The molecule has 0 aromatic heterocycles. The Morgan fingerprint density at radius 3 is 2.28 bits per heavy atom. The van der Waals surface area contributed by atoms with Gasteiger partial charge >= 0.3 is 6.09 Å². The molecule has 1 saturated heterocycles. The maximum atomic E-state index is 12.7. The van der Waals surface area contributed by atoms with Crippen molar-refractivity contribution in [2.24, 2.45) is 0 Å². The lowest BCUT2D eigenvalue weighted by Gasteiger charge is -2.35. The Hall–Kier alpha value is -3.33. The zero-order valence-electron chi connectivity index (χ0n) is 21.4. The Morgan fingerprint density at radius 1 is 1.03 bits per heavy atom. The van der Waals surface area contributed by atoms with Crippen molar-refractivity contribution in [1.82, 2.24) is 9.80 Å². The lowest BCUT2D eigenvalue weighted by atomic mass is 10.0. The van der Waals surface area contributed by atoms with E-state index in [2.05, 4.69) is 13.8 Å². The predicted molar refractivity (Wildman–Crippen MR) is 141 cm³/mol. The van der Waals surface area contributed by atoms with E-state index in [1.165, 1.54) is 23.9 Å². The highest BCUT2D eigenvalue weighted by molar-refractivity contribution is 7.99. The standard InChI is InChI=1S/C27H33N3O5S/c1-19(2)21-8-6-7-9-23(21)36-24-12-10-20(18-22(24)30(33)34)11-13-25(31)28-14-16-29(17-15-28)26(32)35-27(3,4)5/h6-13,18-19H,14-17H2,1-5H3/b13-11+. The quantitative estimate of drug-likeness (QED) is 0.270. The third kappa shape index (κ3) is 7.34. The molecule has 0 atom stereocenters. The summed E-state index contributed by atoms with van der Waals surface area (Å²) in [6, 6.07) is 12.9. The number of amides is 2. The van der Waals surface area contributed by atoms with E-state index in [1.54, 1.807) is 28.0 Å². The first-order valence-electron chi connectivity index (χ1n) is 11.9. The number of piperazine rings is 1. The van der Waals surface area contributed by atoms with Crippen LogP contribution in [0.4, 0.5) is 10.5 Å². The van der Waals surface area contributed by atoms with Crippen molar-refractivity contribution in [2.75, 3.05) is 26.2 Å². The second kappa shape index (κ2) is 11.6. The molecule has 1 fully saturated rings. The molecule has 0 saturated carbocycles. The molecular weight excluding hydrogens is 478 g/mol. The van der Waals surface area contributed by atoms with Crippen LogP contribution in [0.5, 0.6) is 0 Å². The summed E-state index contributed by atoms with van der Waals surface area (Å²) in [5, 5.41) is 11.8. The Kier molecular flexibility index (Phi) is 8.79. The number of benzene rings is 2. The van der Waals surface area contributed by atoms with Gasteiger partial charge < -0.3 is 14.5 Å². The van der Waals surface area contributed by atoms with E-state index < -0.39 is 10.5 Å². The third-order valence-electron chi connectivity index (χ3n) is 5.60. The fraction of sp³-hybridized carbons (Fsp3) is 0.407. The maximum Gasteiger partial charge on any atom is 0.410 e.